The molecule has 2 bridgehead atoms. The normalized spacial score (nSPS) is 34.4. The first-order valence-corrected chi connectivity index (χ1v) is 7.85. The molecule has 2 amide bonds. The van der Waals surface area contributed by atoms with Gasteiger partial charge in [0, 0.05) is 0 Å². The summed E-state index contributed by atoms with van der Waals surface area (Å²) in [5, 5.41) is 48.4. The van der Waals surface area contributed by atoms with Crippen molar-refractivity contribution in [2.75, 3.05) is 20.3 Å². The topological polar surface area (TPSA) is 170 Å². The smallest absolute Gasteiger partial charge is 0.280 e. The predicted molar refractivity (Wildman–Crippen MR) is 86.5 cm³/mol. The molecule has 0 saturated carbocycles. The number of ether oxygens (including phenoxy) is 1. The quantitative estimate of drug-likeness (QED) is 0.220. The van der Waals surface area contributed by atoms with Crippen molar-refractivity contribution in [1.29, 1.82) is 0 Å². The van der Waals surface area contributed by atoms with E-state index in [1.54, 1.807) is 6.92 Å². The fourth-order valence-electron chi connectivity index (χ4n) is 2.86. The van der Waals surface area contributed by atoms with Gasteiger partial charge in [-0.2, -0.15) is 0 Å². The number of aliphatic hydroxyl groups excluding tert-OH is 2. The van der Waals surface area contributed by atoms with E-state index in [0.29, 0.717) is 5.71 Å². The molecule has 11 heteroatoms. The summed E-state index contributed by atoms with van der Waals surface area (Å²) in [5.74, 6) is -2.14. The number of nitrogens with zero attached hydrogens (tertiary/aromatic N) is 1. The molecule has 0 unspecified atom stereocenters. The molecule has 0 radical (unpaired) electrons. The van der Waals surface area contributed by atoms with Crippen LogP contribution in [0.25, 0.3) is 0 Å². The van der Waals surface area contributed by atoms with Gasteiger partial charge in [-0.05, 0) is 31.9 Å². The Kier molecular flexibility index (Phi) is 5.40. The Morgan fingerprint density at radius 1 is 1.46 bits per heavy atom. The van der Waals surface area contributed by atoms with Gasteiger partial charge in [-0.15, -0.1) is 0 Å². The summed E-state index contributed by atoms with van der Waals surface area (Å²) in [5.41, 5.74) is -6.48. The molecule has 3 heterocycles. The number of fused-ring (bicyclic) bond motifs is 5. The van der Waals surface area contributed by atoms with E-state index in [9.17, 15) is 30.0 Å². The largest absolute Gasteiger partial charge is 0.399 e. The second-order valence-electron chi connectivity index (χ2n) is 6.46. The van der Waals surface area contributed by atoms with Gasteiger partial charge < -0.3 is 40.6 Å². The lowest BCUT2D eigenvalue weighted by atomic mass is 9.84. The van der Waals surface area contributed by atoms with Crippen LogP contribution in [0, 0.1) is 0 Å². The Morgan fingerprint density at radius 3 is 2.69 bits per heavy atom. The number of piperazine rings is 1. The van der Waals surface area contributed by atoms with Gasteiger partial charge in [0.2, 0.25) is 5.72 Å². The van der Waals surface area contributed by atoms with Crippen molar-refractivity contribution in [3.63, 3.8) is 0 Å². The van der Waals surface area contributed by atoms with Crippen LogP contribution < -0.4 is 10.6 Å². The molecule has 3 saturated heterocycles. The fraction of sp³-hybridized carbons (Fsp3) is 0.667. The van der Waals surface area contributed by atoms with Gasteiger partial charge in [0.15, 0.2) is 0 Å². The third kappa shape index (κ3) is 3.19. The molecule has 3 aliphatic heterocycles. The molecule has 26 heavy (non-hydrogen) atoms. The number of nitrogens with one attached hydrogen (secondary N) is 2. The highest BCUT2D eigenvalue weighted by Gasteiger charge is 2.63. The van der Waals surface area contributed by atoms with Gasteiger partial charge in [-0.3, -0.25) is 9.59 Å². The Morgan fingerprint density at radius 2 is 2.12 bits per heavy atom. The molecular formula is C15H23N3O8. The molecule has 0 aliphatic carbocycles. The number of aliphatic hydroxyl groups is 4. The van der Waals surface area contributed by atoms with Crippen LogP contribution >= 0.6 is 0 Å². The van der Waals surface area contributed by atoms with E-state index in [4.69, 9.17) is 4.74 Å². The average molecular weight is 373 g/mol. The van der Waals surface area contributed by atoms with Crippen molar-refractivity contribution < 1.29 is 39.6 Å². The maximum absolute atomic E-state index is 12.6. The third-order valence-electron chi connectivity index (χ3n) is 4.34. The Labute approximate surface area is 149 Å². The number of carbonyl (C=O) groups is 2. The molecule has 0 aromatic heterocycles. The first-order chi connectivity index (χ1) is 12.0. The first-order valence-electron chi connectivity index (χ1n) is 7.85. The SMILES string of the molecule is CO/N=C(C)/C=C1\CCO[C@]2([C@H](O)[C@](C)(O)CO)NC(=O)[C@@]1(O)NC2=O. The first kappa shape index (κ1) is 20.3. The Hall–Kier alpha value is -2.05. The lowest BCUT2D eigenvalue weighted by molar-refractivity contribution is -0.230. The van der Waals surface area contributed by atoms with Gasteiger partial charge in [0.25, 0.3) is 17.5 Å². The zero-order valence-corrected chi connectivity index (χ0v) is 14.6. The summed E-state index contributed by atoms with van der Waals surface area (Å²) in [7, 11) is 1.33. The number of amides is 2. The molecule has 3 fully saturated rings. The van der Waals surface area contributed by atoms with Crippen molar-refractivity contribution in [2.24, 2.45) is 5.16 Å². The standard InChI is InChI=1S/C15H23N3O8/c1-8(18-25-3)6-9-4-5-26-15(10(20)13(2,23)7-19)12(22)16-14(9,24)11(21)17-15/h6,10,19-20,23-24H,4-5,7H2,1-3H3,(H,16,22)(H,17,21)/b9-6+,18-8+/t10-,13-,14-,15+/m1/s1. The van der Waals surface area contributed by atoms with Crippen LogP contribution in [0.15, 0.2) is 16.8 Å². The summed E-state index contributed by atoms with van der Waals surface area (Å²) in [6.45, 7) is 1.56. The van der Waals surface area contributed by atoms with Gasteiger partial charge in [0.1, 0.15) is 18.8 Å². The van der Waals surface area contributed by atoms with E-state index in [-0.39, 0.29) is 18.6 Å². The van der Waals surface area contributed by atoms with E-state index >= 15 is 0 Å². The average Bonchev–Trinajstić information content (AvgIpc) is 2.57. The van der Waals surface area contributed by atoms with Gasteiger partial charge in [-0.25, -0.2) is 0 Å². The van der Waals surface area contributed by atoms with E-state index in [1.807, 2.05) is 0 Å². The minimum atomic E-state index is -2.39. The number of hydrogen-bond acceptors (Lipinski definition) is 9. The van der Waals surface area contributed by atoms with Gasteiger partial charge in [0.05, 0.1) is 18.9 Å². The zero-order chi connectivity index (χ0) is 19.8. The number of carbonyl (C=O) groups excluding carboxylic acids is 2. The molecule has 0 spiro atoms. The van der Waals surface area contributed by atoms with Crippen LogP contribution in [0.2, 0.25) is 0 Å². The second-order valence-corrected chi connectivity index (χ2v) is 6.46. The van der Waals surface area contributed by atoms with Crippen LogP contribution in [0.3, 0.4) is 0 Å². The zero-order valence-electron chi connectivity index (χ0n) is 14.6. The second kappa shape index (κ2) is 6.93. The van der Waals surface area contributed by atoms with Gasteiger partial charge >= 0.3 is 0 Å². The lowest BCUT2D eigenvalue weighted by Gasteiger charge is -2.50. The summed E-state index contributed by atoms with van der Waals surface area (Å²) < 4.78 is 5.42. The minimum absolute atomic E-state index is 0.0104. The molecule has 6 N–H and O–H groups in total. The molecule has 146 valence electrons. The molecule has 0 aromatic carbocycles. The highest BCUT2D eigenvalue weighted by Crippen LogP contribution is 2.33. The summed E-state index contributed by atoms with van der Waals surface area (Å²) in [4.78, 5) is 29.8. The molecule has 3 aliphatic rings. The van der Waals surface area contributed by atoms with Crippen LogP contribution in [0.4, 0.5) is 0 Å². The highest BCUT2D eigenvalue weighted by molar-refractivity contribution is 6.04. The minimum Gasteiger partial charge on any atom is -0.399 e. The summed E-state index contributed by atoms with van der Waals surface area (Å²) in [6.07, 6.45) is -0.627. The molecule has 0 aromatic rings. The Bertz CT molecular complexity index is 661. The van der Waals surface area contributed by atoms with Crippen LogP contribution in [-0.4, -0.2) is 81.4 Å². The number of rotatable bonds is 5. The maximum atomic E-state index is 12.6. The van der Waals surface area contributed by atoms with Crippen LogP contribution in [-0.2, 0) is 19.2 Å². The summed E-state index contributed by atoms with van der Waals surface area (Å²) >= 11 is 0. The third-order valence-corrected chi connectivity index (χ3v) is 4.34. The van der Waals surface area contributed by atoms with E-state index < -0.39 is 41.6 Å². The Balaban J connectivity index is 2.47. The van der Waals surface area contributed by atoms with Crippen LogP contribution in [0.1, 0.15) is 20.3 Å². The van der Waals surface area contributed by atoms with Crippen molar-refractivity contribution in [3.05, 3.63) is 11.6 Å². The van der Waals surface area contributed by atoms with Crippen LogP contribution in [0.5, 0.6) is 0 Å². The number of allylic oxidation sites excluding steroid dienone is 1. The fourth-order valence-corrected chi connectivity index (χ4v) is 2.86. The highest BCUT2D eigenvalue weighted by atomic mass is 16.6. The number of hydrogen-bond donors (Lipinski definition) is 6. The summed E-state index contributed by atoms with van der Waals surface area (Å²) in [6, 6.07) is 0. The monoisotopic (exact) mass is 373 g/mol. The van der Waals surface area contributed by atoms with Crippen molar-refractivity contribution in [2.45, 2.75) is 43.4 Å². The lowest BCUT2D eigenvalue weighted by Crippen LogP contribution is -2.82. The van der Waals surface area contributed by atoms with Gasteiger partial charge in [-0.1, -0.05) is 5.16 Å². The van der Waals surface area contributed by atoms with E-state index in [1.165, 1.54) is 13.2 Å². The van der Waals surface area contributed by atoms with E-state index in [0.717, 1.165) is 6.92 Å². The molecule has 3 rings (SSSR count). The molecule has 11 nitrogen and oxygen atoms in total. The van der Waals surface area contributed by atoms with E-state index in [2.05, 4.69) is 20.6 Å². The van der Waals surface area contributed by atoms with Crippen molar-refractivity contribution >= 4 is 17.5 Å². The van der Waals surface area contributed by atoms with Crippen molar-refractivity contribution in [3.8, 4) is 0 Å². The maximum Gasteiger partial charge on any atom is 0.280 e. The predicted octanol–water partition coefficient (Wildman–Crippen LogP) is -2.91. The van der Waals surface area contributed by atoms with Crippen molar-refractivity contribution in [1.82, 2.24) is 10.6 Å². The molecular weight excluding hydrogens is 350 g/mol. The molecule has 4 atom stereocenters. The number of oxime groups is 1.